The van der Waals surface area contributed by atoms with Crippen LogP contribution in [0.2, 0.25) is 0 Å². The van der Waals surface area contributed by atoms with Gasteiger partial charge in [-0.05, 0) is 54.7 Å². The Bertz CT molecular complexity index is 1590. The summed E-state index contributed by atoms with van der Waals surface area (Å²) in [6, 6.07) is 12.1. The van der Waals surface area contributed by atoms with Gasteiger partial charge in [0, 0.05) is 24.3 Å². The zero-order valence-corrected chi connectivity index (χ0v) is 21.6. The second kappa shape index (κ2) is 10.8. The Labute approximate surface area is 213 Å². The molecule has 0 saturated carbocycles. The first-order valence-corrected chi connectivity index (χ1v) is 12.6. The Balaban J connectivity index is 1.78. The van der Waals surface area contributed by atoms with Gasteiger partial charge in [0.1, 0.15) is 6.54 Å². The highest BCUT2D eigenvalue weighted by atomic mass is 16.2. The summed E-state index contributed by atoms with van der Waals surface area (Å²) in [6.45, 7) is 8.45. The number of carbonyl (C=O) groups is 2. The average molecular weight is 505 g/mol. The van der Waals surface area contributed by atoms with Crippen LogP contribution in [0.1, 0.15) is 50.0 Å². The van der Waals surface area contributed by atoms with Crippen molar-refractivity contribution < 1.29 is 9.59 Å². The number of nitrogens with zero attached hydrogens (tertiary/aromatic N) is 4. The fourth-order valence-electron chi connectivity index (χ4n) is 4.19. The highest BCUT2D eigenvalue weighted by molar-refractivity contribution is 5.98. The maximum Gasteiger partial charge on any atom is 0.352 e. The molecule has 0 saturated heterocycles. The van der Waals surface area contributed by atoms with Crippen molar-refractivity contribution in [3.8, 4) is 0 Å². The Hall–Kier alpha value is -4.21. The Morgan fingerprint density at radius 1 is 1.05 bits per heavy atom. The molecule has 10 heteroatoms. The van der Waals surface area contributed by atoms with Crippen LogP contribution in [0, 0.1) is 5.92 Å². The molecule has 0 bridgehead atoms. The van der Waals surface area contributed by atoms with Crippen molar-refractivity contribution in [1.82, 2.24) is 24.1 Å². The minimum Gasteiger partial charge on any atom is -0.352 e. The molecule has 2 aromatic carbocycles. The van der Waals surface area contributed by atoms with Gasteiger partial charge in [0.2, 0.25) is 11.7 Å². The molecule has 0 aliphatic carbocycles. The molecule has 2 heterocycles. The monoisotopic (exact) mass is 504 g/mol. The van der Waals surface area contributed by atoms with E-state index >= 15 is 0 Å². The number of anilines is 1. The highest BCUT2D eigenvalue weighted by Gasteiger charge is 2.20. The zero-order chi connectivity index (χ0) is 26.7. The largest absolute Gasteiger partial charge is 0.352 e. The van der Waals surface area contributed by atoms with Crippen molar-refractivity contribution in [2.24, 2.45) is 5.92 Å². The molecular weight excluding hydrogens is 472 g/mol. The lowest BCUT2D eigenvalue weighted by Crippen LogP contribution is -2.30. The molecule has 0 atom stereocenters. The van der Waals surface area contributed by atoms with Gasteiger partial charge in [-0.25, -0.2) is 13.9 Å². The van der Waals surface area contributed by atoms with Gasteiger partial charge < -0.3 is 10.6 Å². The van der Waals surface area contributed by atoms with Gasteiger partial charge in [0.15, 0.2) is 0 Å². The lowest BCUT2D eigenvalue weighted by Gasteiger charge is -2.11. The van der Waals surface area contributed by atoms with E-state index in [1.54, 1.807) is 18.2 Å². The average Bonchev–Trinajstić information content (AvgIpc) is 3.20. The van der Waals surface area contributed by atoms with E-state index in [0.29, 0.717) is 36.1 Å². The van der Waals surface area contributed by atoms with Crippen molar-refractivity contribution in [1.29, 1.82) is 0 Å². The highest BCUT2D eigenvalue weighted by Crippen LogP contribution is 2.15. The van der Waals surface area contributed by atoms with Gasteiger partial charge in [0.25, 0.3) is 11.5 Å². The summed E-state index contributed by atoms with van der Waals surface area (Å²) in [5, 5.41) is 10.3. The molecule has 4 aromatic rings. The molecule has 2 N–H and O–H groups in total. The molecule has 0 spiro atoms. The maximum absolute atomic E-state index is 13.5. The van der Waals surface area contributed by atoms with Crippen LogP contribution in [0.25, 0.3) is 16.7 Å². The van der Waals surface area contributed by atoms with Crippen molar-refractivity contribution >= 4 is 34.2 Å². The van der Waals surface area contributed by atoms with Crippen LogP contribution in [-0.4, -0.2) is 37.1 Å². The number of rotatable bonds is 9. The van der Waals surface area contributed by atoms with E-state index in [1.807, 2.05) is 45.9 Å². The lowest BCUT2D eigenvalue weighted by molar-refractivity contribution is -0.117. The van der Waals surface area contributed by atoms with Crippen LogP contribution in [-0.2, 0) is 24.3 Å². The third kappa shape index (κ3) is 5.32. The second-order valence-corrected chi connectivity index (χ2v) is 9.47. The molecule has 37 heavy (non-hydrogen) atoms. The smallest absolute Gasteiger partial charge is 0.352 e. The number of benzene rings is 2. The van der Waals surface area contributed by atoms with Crippen LogP contribution < -0.4 is 21.9 Å². The molecule has 0 unspecified atom stereocenters. The van der Waals surface area contributed by atoms with Crippen molar-refractivity contribution in [3.63, 3.8) is 0 Å². The predicted octanol–water partition coefficient (Wildman–Crippen LogP) is 2.81. The third-order valence-corrected chi connectivity index (χ3v) is 6.07. The first-order chi connectivity index (χ1) is 17.7. The van der Waals surface area contributed by atoms with Gasteiger partial charge in [-0.2, -0.15) is 0 Å². The van der Waals surface area contributed by atoms with Crippen LogP contribution >= 0.6 is 0 Å². The molecule has 2 amide bonds. The quantitative estimate of drug-likeness (QED) is 0.363. The number of hydrogen-bond acceptors (Lipinski definition) is 5. The molecule has 0 aliphatic heterocycles. The Morgan fingerprint density at radius 2 is 1.84 bits per heavy atom. The van der Waals surface area contributed by atoms with Crippen LogP contribution in [0.4, 0.5) is 5.69 Å². The minimum absolute atomic E-state index is 0.130. The summed E-state index contributed by atoms with van der Waals surface area (Å²) in [4.78, 5) is 52.2. The van der Waals surface area contributed by atoms with Gasteiger partial charge in [0.05, 0.1) is 10.9 Å². The van der Waals surface area contributed by atoms with Crippen molar-refractivity contribution in [2.75, 3.05) is 11.9 Å². The summed E-state index contributed by atoms with van der Waals surface area (Å²) >= 11 is 0. The first-order valence-electron chi connectivity index (χ1n) is 12.6. The van der Waals surface area contributed by atoms with Crippen LogP contribution in [0.5, 0.6) is 0 Å². The molecule has 0 fully saturated rings. The van der Waals surface area contributed by atoms with E-state index < -0.39 is 11.6 Å². The zero-order valence-electron chi connectivity index (χ0n) is 21.6. The summed E-state index contributed by atoms with van der Waals surface area (Å²) in [7, 11) is 0. The fourth-order valence-corrected chi connectivity index (χ4v) is 4.19. The summed E-state index contributed by atoms with van der Waals surface area (Å²) < 4.78 is 3.78. The van der Waals surface area contributed by atoms with Crippen molar-refractivity contribution in [2.45, 2.75) is 53.6 Å². The minimum atomic E-state index is -0.568. The number of carbonyl (C=O) groups excluding carboxylic acids is 2. The molecule has 0 radical (unpaired) electrons. The molecule has 4 rings (SSSR count). The van der Waals surface area contributed by atoms with Crippen LogP contribution in [0.3, 0.4) is 0 Å². The van der Waals surface area contributed by atoms with Gasteiger partial charge in [-0.3, -0.25) is 19.0 Å². The Kier molecular flexibility index (Phi) is 7.56. The fraction of sp³-hybridized carbons (Fsp3) is 0.370. The molecule has 2 aromatic heterocycles. The Morgan fingerprint density at radius 3 is 2.54 bits per heavy atom. The van der Waals surface area contributed by atoms with E-state index in [2.05, 4.69) is 15.7 Å². The number of aryl methyl sites for hydroxylation is 2. The number of aromatic nitrogens is 4. The summed E-state index contributed by atoms with van der Waals surface area (Å²) in [5.41, 5.74) is 1.43. The number of fused-ring (bicyclic) bond motifs is 3. The third-order valence-electron chi connectivity index (χ3n) is 6.07. The summed E-state index contributed by atoms with van der Waals surface area (Å²) in [5.74, 6) is -0.310. The number of hydrogen-bond donors (Lipinski definition) is 2. The molecule has 0 aliphatic rings. The topological polar surface area (TPSA) is 120 Å². The lowest BCUT2D eigenvalue weighted by atomic mass is 10.1. The number of amides is 2. The van der Waals surface area contributed by atoms with Gasteiger partial charge in [-0.15, -0.1) is 5.10 Å². The standard InChI is InChI=1S/C27H32N6O4/c1-5-12-31-25(36)21-11-10-19(24(35)28-15-17(3)4)14-22(21)33-26(31)30-32(27(33)37)16-23(34)29-20-9-7-8-18(6-2)13-20/h7-11,13-14,17H,5-6,12,15-16H2,1-4H3,(H,28,35)(H,29,34). The van der Waals surface area contributed by atoms with E-state index in [9.17, 15) is 19.2 Å². The molecule has 194 valence electrons. The molecular formula is C27H32N6O4. The number of nitrogens with one attached hydrogen (secondary N) is 2. The normalized spacial score (nSPS) is 11.4. The van der Waals surface area contributed by atoms with E-state index in [1.165, 1.54) is 15.0 Å². The predicted molar refractivity (Wildman–Crippen MR) is 143 cm³/mol. The van der Waals surface area contributed by atoms with Crippen molar-refractivity contribution in [3.05, 3.63) is 74.4 Å². The van der Waals surface area contributed by atoms with Gasteiger partial charge in [-0.1, -0.05) is 39.8 Å². The van der Waals surface area contributed by atoms with E-state index in [4.69, 9.17) is 0 Å². The van der Waals surface area contributed by atoms with E-state index in [0.717, 1.165) is 16.7 Å². The molecule has 10 nitrogen and oxygen atoms in total. The maximum atomic E-state index is 13.5. The van der Waals surface area contributed by atoms with Crippen LogP contribution in [0.15, 0.2) is 52.1 Å². The SMILES string of the molecule is CCCn1c(=O)c2ccc(C(=O)NCC(C)C)cc2n2c(=O)n(CC(=O)Nc3cccc(CC)c3)nc12. The van der Waals surface area contributed by atoms with E-state index in [-0.39, 0.29) is 35.2 Å². The summed E-state index contributed by atoms with van der Waals surface area (Å²) in [6.07, 6.45) is 1.47. The second-order valence-electron chi connectivity index (χ2n) is 9.47. The van der Waals surface area contributed by atoms with Gasteiger partial charge >= 0.3 is 5.69 Å². The first kappa shape index (κ1) is 25.9.